The SMILES string of the molecule is Cc1ccc(C(=O)/C=C\c2c(C(F)(F)F)nn(C)c2Cl)cc1. The molecule has 1 aromatic heterocycles. The molecule has 0 atom stereocenters. The molecule has 0 bridgehead atoms. The number of aryl methyl sites for hydroxylation is 2. The van der Waals surface area contributed by atoms with Crippen molar-refractivity contribution < 1.29 is 18.0 Å². The molecule has 2 aromatic rings. The second kappa shape index (κ2) is 5.96. The quantitative estimate of drug-likeness (QED) is 0.622. The summed E-state index contributed by atoms with van der Waals surface area (Å²) in [7, 11) is 1.30. The van der Waals surface area contributed by atoms with Gasteiger partial charge in [-0.05, 0) is 19.1 Å². The first kappa shape index (κ1) is 16.3. The van der Waals surface area contributed by atoms with Crippen molar-refractivity contribution in [1.29, 1.82) is 0 Å². The van der Waals surface area contributed by atoms with Crippen LogP contribution >= 0.6 is 11.6 Å². The van der Waals surface area contributed by atoms with E-state index >= 15 is 0 Å². The summed E-state index contributed by atoms with van der Waals surface area (Å²) in [6, 6.07) is 6.72. The van der Waals surface area contributed by atoms with Crippen LogP contribution in [0.4, 0.5) is 13.2 Å². The van der Waals surface area contributed by atoms with E-state index in [2.05, 4.69) is 5.10 Å². The molecule has 0 fully saturated rings. The smallest absolute Gasteiger partial charge is 0.289 e. The summed E-state index contributed by atoms with van der Waals surface area (Å²) in [6.07, 6.45) is -2.54. The van der Waals surface area contributed by atoms with Gasteiger partial charge in [-0.15, -0.1) is 0 Å². The van der Waals surface area contributed by atoms with E-state index in [4.69, 9.17) is 11.6 Å². The van der Waals surface area contributed by atoms with E-state index in [1.54, 1.807) is 24.3 Å². The number of hydrogen-bond donors (Lipinski definition) is 0. The van der Waals surface area contributed by atoms with Gasteiger partial charge < -0.3 is 0 Å². The van der Waals surface area contributed by atoms with Gasteiger partial charge in [0.25, 0.3) is 0 Å². The predicted molar refractivity (Wildman–Crippen MR) is 77.8 cm³/mol. The van der Waals surface area contributed by atoms with Gasteiger partial charge in [-0.1, -0.05) is 41.4 Å². The topological polar surface area (TPSA) is 34.9 Å². The molecule has 0 N–H and O–H groups in total. The molecule has 1 heterocycles. The maximum Gasteiger partial charge on any atom is 0.435 e. The minimum absolute atomic E-state index is 0.180. The monoisotopic (exact) mass is 328 g/mol. The lowest BCUT2D eigenvalue weighted by Gasteiger charge is -2.03. The van der Waals surface area contributed by atoms with Crippen molar-refractivity contribution in [3.63, 3.8) is 0 Å². The van der Waals surface area contributed by atoms with Gasteiger partial charge in [-0.25, -0.2) is 0 Å². The molecule has 0 aliphatic rings. The number of rotatable bonds is 3. The summed E-state index contributed by atoms with van der Waals surface area (Å²) in [5.41, 5.74) is -0.0734. The molecular weight excluding hydrogens is 317 g/mol. The Hall–Kier alpha value is -2.08. The van der Waals surface area contributed by atoms with E-state index in [-0.39, 0.29) is 10.7 Å². The Bertz CT molecular complexity index is 730. The van der Waals surface area contributed by atoms with Crippen molar-refractivity contribution in [2.24, 2.45) is 7.05 Å². The molecule has 0 saturated heterocycles. The fourth-order valence-corrected chi connectivity index (χ4v) is 2.04. The molecule has 116 valence electrons. The second-order valence-electron chi connectivity index (χ2n) is 4.74. The Morgan fingerprint density at radius 2 is 1.86 bits per heavy atom. The van der Waals surface area contributed by atoms with Crippen LogP contribution in [0.1, 0.15) is 27.2 Å². The normalized spacial score (nSPS) is 12.1. The predicted octanol–water partition coefficient (Wildman–Crippen LogP) is 4.30. The zero-order valence-electron chi connectivity index (χ0n) is 11.8. The number of allylic oxidation sites excluding steroid dienone is 1. The fourth-order valence-electron chi connectivity index (χ4n) is 1.85. The number of carbonyl (C=O) groups excluding carboxylic acids is 1. The molecule has 0 aliphatic carbocycles. The number of ketones is 1. The lowest BCUT2D eigenvalue weighted by molar-refractivity contribution is -0.141. The number of alkyl halides is 3. The van der Waals surface area contributed by atoms with Gasteiger partial charge >= 0.3 is 6.18 Å². The Labute approximate surface area is 130 Å². The first-order chi connectivity index (χ1) is 10.2. The van der Waals surface area contributed by atoms with E-state index in [1.165, 1.54) is 7.05 Å². The molecule has 3 nitrogen and oxygen atoms in total. The minimum atomic E-state index is -4.64. The number of nitrogens with zero attached hydrogens (tertiary/aromatic N) is 2. The Kier molecular flexibility index (Phi) is 4.42. The van der Waals surface area contributed by atoms with Crippen LogP contribution in [0, 0.1) is 6.92 Å². The van der Waals surface area contributed by atoms with E-state index in [1.807, 2.05) is 6.92 Å². The highest BCUT2D eigenvalue weighted by Gasteiger charge is 2.37. The van der Waals surface area contributed by atoms with Crippen molar-refractivity contribution in [3.8, 4) is 0 Å². The molecule has 2 rings (SSSR count). The lowest BCUT2D eigenvalue weighted by atomic mass is 10.1. The molecule has 0 amide bonds. The Morgan fingerprint density at radius 1 is 1.27 bits per heavy atom. The van der Waals surface area contributed by atoms with Crippen molar-refractivity contribution in [2.75, 3.05) is 0 Å². The summed E-state index contributed by atoms with van der Waals surface area (Å²) >= 11 is 5.81. The minimum Gasteiger partial charge on any atom is -0.289 e. The average molecular weight is 329 g/mol. The van der Waals surface area contributed by atoms with Crippen LogP contribution in [0.25, 0.3) is 6.08 Å². The molecule has 0 radical (unpaired) electrons. The summed E-state index contributed by atoms with van der Waals surface area (Å²) in [5.74, 6) is -0.409. The number of hydrogen-bond acceptors (Lipinski definition) is 2. The van der Waals surface area contributed by atoms with Crippen LogP contribution in [-0.4, -0.2) is 15.6 Å². The fraction of sp³-hybridized carbons (Fsp3) is 0.200. The number of halogens is 4. The van der Waals surface area contributed by atoms with E-state index in [0.29, 0.717) is 5.56 Å². The van der Waals surface area contributed by atoms with Gasteiger partial charge in [0.2, 0.25) is 0 Å². The summed E-state index contributed by atoms with van der Waals surface area (Å²) in [4.78, 5) is 12.0. The van der Waals surface area contributed by atoms with Gasteiger partial charge in [0.05, 0.1) is 0 Å². The molecule has 0 spiro atoms. The van der Waals surface area contributed by atoms with Crippen LogP contribution in [0.3, 0.4) is 0 Å². The molecular formula is C15H12ClF3N2O. The third-order valence-corrected chi connectivity index (χ3v) is 3.47. The summed E-state index contributed by atoms with van der Waals surface area (Å²) in [6.45, 7) is 1.87. The van der Waals surface area contributed by atoms with E-state index in [9.17, 15) is 18.0 Å². The van der Waals surface area contributed by atoms with Crippen molar-refractivity contribution >= 4 is 23.5 Å². The standard InChI is InChI=1S/C15H12ClF3N2O/c1-9-3-5-10(6-4-9)12(22)8-7-11-13(15(17,18)19)20-21(2)14(11)16/h3-8H,1-2H3/b8-7-. The maximum atomic E-state index is 12.9. The van der Waals surface area contributed by atoms with Crippen molar-refractivity contribution in [2.45, 2.75) is 13.1 Å². The van der Waals surface area contributed by atoms with Crippen molar-refractivity contribution in [1.82, 2.24) is 9.78 Å². The van der Waals surface area contributed by atoms with Gasteiger partial charge in [-0.3, -0.25) is 9.48 Å². The summed E-state index contributed by atoms with van der Waals surface area (Å²) < 4.78 is 39.6. The van der Waals surface area contributed by atoms with E-state index in [0.717, 1.165) is 22.4 Å². The first-order valence-electron chi connectivity index (χ1n) is 6.29. The highest BCUT2D eigenvalue weighted by atomic mass is 35.5. The first-order valence-corrected chi connectivity index (χ1v) is 6.66. The highest BCUT2D eigenvalue weighted by molar-refractivity contribution is 6.31. The number of carbonyl (C=O) groups is 1. The zero-order chi connectivity index (χ0) is 16.5. The Morgan fingerprint density at radius 3 is 2.41 bits per heavy atom. The average Bonchev–Trinajstić information content (AvgIpc) is 2.73. The molecule has 1 aromatic carbocycles. The third kappa shape index (κ3) is 3.39. The second-order valence-corrected chi connectivity index (χ2v) is 5.10. The lowest BCUT2D eigenvalue weighted by Crippen LogP contribution is -2.08. The maximum absolute atomic E-state index is 12.9. The van der Waals surface area contributed by atoms with E-state index < -0.39 is 17.7 Å². The molecule has 7 heteroatoms. The third-order valence-electron chi connectivity index (χ3n) is 3.02. The zero-order valence-corrected chi connectivity index (χ0v) is 12.5. The number of benzene rings is 1. The van der Waals surface area contributed by atoms with Crippen molar-refractivity contribution in [3.05, 3.63) is 57.9 Å². The van der Waals surface area contributed by atoms with Gasteiger partial charge in [-0.2, -0.15) is 18.3 Å². The molecule has 0 saturated carbocycles. The van der Waals surface area contributed by atoms with Crippen LogP contribution in [0.5, 0.6) is 0 Å². The number of aromatic nitrogens is 2. The summed E-state index contributed by atoms with van der Waals surface area (Å²) in [5, 5.41) is 3.16. The Balaban J connectivity index is 2.34. The van der Waals surface area contributed by atoms with Crippen LogP contribution in [-0.2, 0) is 13.2 Å². The molecule has 22 heavy (non-hydrogen) atoms. The molecule has 0 unspecified atom stereocenters. The van der Waals surface area contributed by atoms with Crippen LogP contribution in [0.2, 0.25) is 5.15 Å². The van der Waals surface area contributed by atoms with Gasteiger partial charge in [0.15, 0.2) is 11.5 Å². The molecule has 0 aliphatic heterocycles. The highest BCUT2D eigenvalue weighted by Crippen LogP contribution is 2.34. The van der Waals surface area contributed by atoms with Crippen LogP contribution < -0.4 is 0 Å². The van der Waals surface area contributed by atoms with Crippen LogP contribution in [0.15, 0.2) is 30.3 Å². The largest absolute Gasteiger partial charge is 0.435 e. The van der Waals surface area contributed by atoms with Gasteiger partial charge in [0, 0.05) is 18.2 Å². The van der Waals surface area contributed by atoms with Gasteiger partial charge in [0.1, 0.15) is 5.15 Å².